The highest BCUT2D eigenvalue weighted by Crippen LogP contribution is 2.28. The third-order valence-electron chi connectivity index (χ3n) is 3.83. The Kier molecular flexibility index (Phi) is 3.82. The molecule has 0 aliphatic heterocycles. The van der Waals surface area contributed by atoms with Gasteiger partial charge in [0.2, 0.25) is 0 Å². The molecule has 0 saturated carbocycles. The number of nitrogens with zero attached hydrogens (tertiary/aromatic N) is 3. The molecular formula is C19H19N3O. The van der Waals surface area contributed by atoms with Crippen LogP contribution in [-0.4, -0.2) is 21.3 Å². The van der Waals surface area contributed by atoms with Gasteiger partial charge in [0.15, 0.2) is 12.0 Å². The first-order chi connectivity index (χ1) is 11.0. The number of aromatic nitrogens is 3. The molecule has 1 heterocycles. The fraction of sp³-hybridized carbons (Fsp3) is 0.211. The van der Waals surface area contributed by atoms with Crippen molar-refractivity contribution in [1.29, 1.82) is 0 Å². The maximum Gasteiger partial charge on any atom is 0.172 e. The maximum atomic E-state index is 11.4. The molecule has 2 aromatic carbocycles. The average Bonchev–Trinajstić information content (AvgIpc) is 2.99. The molecular weight excluding hydrogens is 286 g/mol. The topological polar surface area (TPSA) is 47.8 Å². The van der Waals surface area contributed by atoms with Gasteiger partial charge in [-0.15, -0.1) is 5.10 Å². The molecule has 0 fully saturated rings. The summed E-state index contributed by atoms with van der Waals surface area (Å²) in [6, 6.07) is 17.9. The van der Waals surface area contributed by atoms with Crippen LogP contribution in [0, 0.1) is 0 Å². The number of rotatable bonds is 3. The van der Waals surface area contributed by atoms with E-state index in [2.05, 4.69) is 43.2 Å². The lowest BCUT2D eigenvalue weighted by atomic mass is 9.86. The number of carbonyl (C=O) groups is 1. The summed E-state index contributed by atoms with van der Waals surface area (Å²) in [6.45, 7) is 6.53. The van der Waals surface area contributed by atoms with E-state index in [0.29, 0.717) is 11.4 Å². The van der Waals surface area contributed by atoms with Gasteiger partial charge in [-0.05, 0) is 23.1 Å². The fourth-order valence-corrected chi connectivity index (χ4v) is 2.52. The summed E-state index contributed by atoms with van der Waals surface area (Å²) >= 11 is 0. The number of hydrogen-bond acceptors (Lipinski definition) is 3. The molecule has 0 aliphatic carbocycles. The third-order valence-corrected chi connectivity index (χ3v) is 3.83. The SMILES string of the molecule is CC(C)(C)c1ccc(-c2c(C=O)nnn2-c2ccccc2)cc1. The minimum atomic E-state index is 0.0872. The number of benzene rings is 2. The predicted octanol–water partition coefficient (Wildman–Crippen LogP) is 4.04. The van der Waals surface area contributed by atoms with E-state index >= 15 is 0 Å². The van der Waals surface area contributed by atoms with Crippen molar-refractivity contribution in [2.24, 2.45) is 0 Å². The van der Waals surface area contributed by atoms with E-state index in [1.54, 1.807) is 4.68 Å². The molecule has 0 spiro atoms. The van der Waals surface area contributed by atoms with E-state index in [9.17, 15) is 4.79 Å². The van der Waals surface area contributed by atoms with Gasteiger partial charge < -0.3 is 0 Å². The molecule has 3 rings (SSSR count). The molecule has 4 heteroatoms. The molecule has 23 heavy (non-hydrogen) atoms. The van der Waals surface area contributed by atoms with Crippen LogP contribution in [0.1, 0.15) is 36.8 Å². The summed E-state index contributed by atoms with van der Waals surface area (Å²) in [7, 11) is 0. The Morgan fingerprint density at radius 3 is 2.17 bits per heavy atom. The zero-order valence-electron chi connectivity index (χ0n) is 13.5. The molecule has 0 unspecified atom stereocenters. The van der Waals surface area contributed by atoms with Gasteiger partial charge in [0.05, 0.1) is 5.69 Å². The molecule has 0 radical (unpaired) electrons. The van der Waals surface area contributed by atoms with Crippen LogP contribution in [0.4, 0.5) is 0 Å². The van der Waals surface area contributed by atoms with E-state index < -0.39 is 0 Å². The molecule has 0 aliphatic rings. The van der Waals surface area contributed by atoms with Gasteiger partial charge in [-0.1, -0.05) is 68.4 Å². The minimum Gasteiger partial charge on any atom is -0.296 e. The summed E-state index contributed by atoms with van der Waals surface area (Å²) in [6.07, 6.45) is 0.749. The van der Waals surface area contributed by atoms with Gasteiger partial charge in [-0.2, -0.15) is 0 Å². The molecule has 0 amide bonds. The lowest BCUT2D eigenvalue weighted by Crippen LogP contribution is -2.10. The van der Waals surface area contributed by atoms with E-state index in [4.69, 9.17) is 0 Å². The Labute approximate surface area is 135 Å². The summed E-state index contributed by atoms with van der Waals surface area (Å²) in [5.74, 6) is 0. The molecule has 116 valence electrons. The second kappa shape index (κ2) is 5.80. The normalized spacial score (nSPS) is 11.4. The van der Waals surface area contributed by atoms with Crippen LogP contribution in [0.3, 0.4) is 0 Å². The average molecular weight is 305 g/mol. The van der Waals surface area contributed by atoms with Crippen LogP contribution in [0.5, 0.6) is 0 Å². The molecule has 3 aromatic rings. The van der Waals surface area contributed by atoms with Crippen molar-refractivity contribution in [3.63, 3.8) is 0 Å². The summed E-state index contributed by atoms with van der Waals surface area (Å²) < 4.78 is 1.70. The number of aldehydes is 1. The first-order valence-electron chi connectivity index (χ1n) is 7.58. The summed E-state index contributed by atoms with van der Waals surface area (Å²) in [5.41, 5.74) is 4.19. The second-order valence-corrected chi connectivity index (χ2v) is 6.52. The molecule has 1 aromatic heterocycles. The molecule has 4 nitrogen and oxygen atoms in total. The first kappa shape index (κ1) is 15.2. The zero-order chi connectivity index (χ0) is 16.4. The Morgan fingerprint density at radius 1 is 0.957 bits per heavy atom. The van der Waals surface area contributed by atoms with Crippen molar-refractivity contribution < 1.29 is 4.79 Å². The Balaban J connectivity index is 2.12. The second-order valence-electron chi connectivity index (χ2n) is 6.52. The lowest BCUT2D eigenvalue weighted by molar-refractivity contribution is 0.111. The van der Waals surface area contributed by atoms with Gasteiger partial charge in [0.1, 0.15) is 5.69 Å². The number of hydrogen-bond donors (Lipinski definition) is 0. The summed E-state index contributed by atoms with van der Waals surface area (Å²) in [5, 5.41) is 8.14. The first-order valence-corrected chi connectivity index (χ1v) is 7.58. The number of carbonyl (C=O) groups excluding carboxylic acids is 1. The van der Waals surface area contributed by atoms with Crippen LogP contribution in [0.2, 0.25) is 0 Å². The van der Waals surface area contributed by atoms with Crippen LogP contribution in [0.15, 0.2) is 54.6 Å². The molecule has 0 N–H and O–H groups in total. The smallest absolute Gasteiger partial charge is 0.172 e. The standard InChI is InChI=1S/C19H19N3O/c1-19(2,3)15-11-9-14(10-12-15)18-17(13-23)20-21-22(18)16-7-5-4-6-8-16/h4-13H,1-3H3. The Hall–Kier alpha value is -2.75. The van der Waals surface area contributed by atoms with Crippen LogP contribution < -0.4 is 0 Å². The fourth-order valence-electron chi connectivity index (χ4n) is 2.52. The Morgan fingerprint density at radius 2 is 1.61 bits per heavy atom. The van der Waals surface area contributed by atoms with E-state index in [1.165, 1.54) is 5.56 Å². The van der Waals surface area contributed by atoms with Crippen LogP contribution >= 0.6 is 0 Å². The van der Waals surface area contributed by atoms with Crippen molar-refractivity contribution >= 4 is 6.29 Å². The number of para-hydroxylation sites is 1. The minimum absolute atomic E-state index is 0.0872. The third kappa shape index (κ3) is 2.93. The maximum absolute atomic E-state index is 11.4. The lowest BCUT2D eigenvalue weighted by Gasteiger charge is -2.19. The van der Waals surface area contributed by atoms with Gasteiger partial charge in [-0.25, -0.2) is 4.68 Å². The molecule has 0 saturated heterocycles. The van der Waals surface area contributed by atoms with E-state index in [1.807, 2.05) is 42.5 Å². The monoisotopic (exact) mass is 305 g/mol. The highest BCUT2D eigenvalue weighted by Gasteiger charge is 2.18. The van der Waals surface area contributed by atoms with Gasteiger partial charge in [0, 0.05) is 5.56 Å². The van der Waals surface area contributed by atoms with Crippen molar-refractivity contribution in [3.8, 4) is 16.9 Å². The van der Waals surface area contributed by atoms with E-state index in [0.717, 1.165) is 17.5 Å². The molecule has 0 bridgehead atoms. The van der Waals surface area contributed by atoms with Crippen LogP contribution in [-0.2, 0) is 5.41 Å². The van der Waals surface area contributed by atoms with Crippen molar-refractivity contribution in [1.82, 2.24) is 15.0 Å². The van der Waals surface area contributed by atoms with Gasteiger partial charge in [0.25, 0.3) is 0 Å². The predicted molar refractivity (Wildman–Crippen MR) is 90.9 cm³/mol. The van der Waals surface area contributed by atoms with Gasteiger partial charge in [-0.3, -0.25) is 4.79 Å². The van der Waals surface area contributed by atoms with E-state index in [-0.39, 0.29) is 5.41 Å². The van der Waals surface area contributed by atoms with Crippen molar-refractivity contribution in [3.05, 3.63) is 65.9 Å². The largest absolute Gasteiger partial charge is 0.296 e. The quantitative estimate of drug-likeness (QED) is 0.686. The highest BCUT2D eigenvalue weighted by atomic mass is 16.1. The van der Waals surface area contributed by atoms with Crippen molar-refractivity contribution in [2.75, 3.05) is 0 Å². The summed E-state index contributed by atoms with van der Waals surface area (Å²) in [4.78, 5) is 11.4. The zero-order valence-corrected chi connectivity index (χ0v) is 13.5. The van der Waals surface area contributed by atoms with Crippen molar-refractivity contribution in [2.45, 2.75) is 26.2 Å². The van der Waals surface area contributed by atoms with Crippen LogP contribution in [0.25, 0.3) is 16.9 Å². The highest BCUT2D eigenvalue weighted by molar-refractivity contribution is 5.84. The van der Waals surface area contributed by atoms with Gasteiger partial charge >= 0.3 is 0 Å². The molecule has 0 atom stereocenters. The Bertz CT molecular complexity index is 812.